The third kappa shape index (κ3) is 9.55. The molecule has 2 aromatic carbocycles. The Morgan fingerprint density at radius 3 is 2.37 bits per heavy atom. The average Bonchev–Trinajstić information content (AvgIpc) is 3.44. The lowest BCUT2D eigenvalue weighted by molar-refractivity contribution is -0.132. The highest BCUT2D eigenvalue weighted by molar-refractivity contribution is 6.01. The lowest BCUT2D eigenvalue weighted by Crippen LogP contribution is -2.55. The van der Waals surface area contributed by atoms with Crippen LogP contribution in [0.4, 0.5) is 0 Å². The van der Waals surface area contributed by atoms with Crippen LogP contribution in [0.5, 0.6) is 5.75 Å². The molecule has 0 unspecified atom stereocenters. The maximum Gasteiger partial charge on any atom is 0.255 e. The molecule has 5 amide bonds. The number of benzene rings is 2. The molecule has 4 atom stereocenters. The molecule has 2 aliphatic rings. The molecule has 0 aliphatic carbocycles. The van der Waals surface area contributed by atoms with Gasteiger partial charge in [0.2, 0.25) is 23.6 Å². The monoisotopic (exact) mass is 633 g/mol. The highest BCUT2D eigenvalue weighted by Gasteiger charge is 2.32. The van der Waals surface area contributed by atoms with E-state index in [4.69, 9.17) is 4.74 Å². The first kappa shape index (κ1) is 34.5. The number of hydrogen-bond acceptors (Lipinski definition) is 6. The van der Waals surface area contributed by atoms with Crippen LogP contribution >= 0.6 is 0 Å². The minimum Gasteiger partial charge on any atom is -0.491 e. The Labute approximate surface area is 271 Å². The smallest absolute Gasteiger partial charge is 0.255 e. The number of fused-ring (bicyclic) bond motifs is 1. The molecule has 4 N–H and O–H groups in total. The molecule has 2 aliphatic heterocycles. The quantitative estimate of drug-likeness (QED) is 0.334. The van der Waals surface area contributed by atoms with E-state index in [2.05, 4.69) is 21.3 Å². The van der Waals surface area contributed by atoms with Crippen LogP contribution in [0.1, 0.15) is 81.3 Å². The first-order valence-corrected chi connectivity index (χ1v) is 16.3. The number of nitrogens with zero attached hydrogens (tertiary/aromatic N) is 1. The molecule has 11 heteroatoms. The van der Waals surface area contributed by atoms with Crippen molar-refractivity contribution in [2.24, 2.45) is 11.8 Å². The Morgan fingerprint density at radius 1 is 0.978 bits per heavy atom. The van der Waals surface area contributed by atoms with E-state index in [0.29, 0.717) is 31.6 Å². The summed E-state index contributed by atoms with van der Waals surface area (Å²) in [5.74, 6) is -1.36. The third-order valence-electron chi connectivity index (χ3n) is 8.53. The van der Waals surface area contributed by atoms with Crippen LogP contribution in [-0.2, 0) is 32.3 Å². The lowest BCUT2D eigenvalue weighted by atomic mass is 9.96. The van der Waals surface area contributed by atoms with E-state index in [0.717, 1.165) is 24.1 Å². The molecule has 2 aromatic rings. The van der Waals surface area contributed by atoms with Crippen LogP contribution in [0.2, 0.25) is 0 Å². The van der Waals surface area contributed by atoms with Gasteiger partial charge in [0.1, 0.15) is 24.4 Å². The third-order valence-corrected chi connectivity index (χ3v) is 8.53. The zero-order chi connectivity index (χ0) is 33.2. The van der Waals surface area contributed by atoms with Gasteiger partial charge in [-0.2, -0.15) is 0 Å². The van der Waals surface area contributed by atoms with E-state index in [1.807, 2.05) is 56.9 Å². The summed E-state index contributed by atoms with van der Waals surface area (Å²) in [4.78, 5) is 67.6. The van der Waals surface area contributed by atoms with Crippen molar-refractivity contribution in [1.82, 2.24) is 26.2 Å². The molecule has 0 radical (unpaired) electrons. The molecule has 248 valence electrons. The maximum atomic E-state index is 13.5. The van der Waals surface area contributed by atoms with Crippen molar-refractivity contribution < 1.29 is 28.7 Å². The van der Waals surface area contributed by atoms with Gasteiger partial charge in [-0.15, -0.1) is 0 Å². The number of carbonyl (C=O) groups is 5. The molecular formula is C35H47N5O6. The fraction of sp³-hybridized carbons (Fsp3) is 0.514. The van der Waals surface area contributed by atoms with E-state index in [1.165, 1.54) is 0 Å². The Bertz CT molecular complexity index is 1390. The van der Waals surface area contributed by atoms with Gasteiger partial charge in [0.25, 0.3) is 5.91 Å². The molecule has 0 bridgehead atoms. The molecule has 0 saturated carbocycles. The number of para-hydroxylation sites is 1. The Kier molecular flexibility index (Phi) is 12.2. The second-order valence-electron chi connectivity index (χ2n) is 12.8. The summed E-state index contributed by atoms with van der Waals surface area (Å²) < 4.78 is 6.08. The fourth-order valence-corrected chi connectivity index (χ4v) is 5.73. The van der Waals surface area contributed by atoms with E-state index < -0.39 is 29.8 Å². The van der Waals surface area contributed by atoms with Crippen LogP contribution < -0.4 is 26.0 Å². The van der Waals surface area contributed by atoms with Crippen LogP contribution in [0.25, 0.3) is 0 Å². The normalized spacial score (nSPS) is 21.8. The van der Waals surface area contributed by atoms with Crippen LogP contribution in [-0.4, -0.2) is 65.7 Å². The van der Waals surface area contributed by atoms with Crippen molar-refractivity contribution in [1.29, 1.82) is 0 Å². The largest absolute Gasteiger partial charge is 0.491 e. The molecule has 1 saturated heterocycles. The second kappa shape index (κ2) is 16.2. The van der Waals surface area contributed by atoms with E-state index >= 15 is 0 Å². The van der Waals surface area contributed by atoms with Gasteiger partial charge in [-0.1, -0.05) is 70.5 Å². The van der Waals surface area contributed by atoms with Gasteiger partial charge in [-0.3, -0.25) is 24.0 Å². The molecule has 2 heterocycles. The number of likely N-dealkylation sites (tertiary alicyclic amines) is 1. The van der Waals surface area contributed by atoms with Gasteiger partial charge in [-0.05, 0) is 47.9 Å². The maximum absolute atomic E-state index is 13.5. The number of carbonyl (C=O) groups excluding carboxylic acids is 5. The van der Waals surface area contributed by atoms with Crippen molar-refractivity contribution in [2.45, 2.75) is 91.0 Å². The van der Waals surface area contributed by atoms with Crippen molar-refractivity contribution in [2.75, 3.05) is 13.2 Å². The number of hydrogen-bond donors (Lipinski definition) is 4. The SMILES string of the molecule is CC[C@H](C)[C@@H]1NC(=O)C[C@@H](C(=O)NCc2ccc(CN3CCCC3=O)cc2)NC(=O)c2ccccc2OC[C@@H](CC(C)C)NC1=O. The van der Waals surface area contributed by atoms with Crippen LogP contribution in [0.3, 0.4) is 0 Å². The lowest BCUT2D eigenvalue weighted by Gasteiger charge is -2.29. The zero-order valence-corrected chi connectivity index (χ0v) is 27.3. The number of nitrogens with one attached hydrogen (secondary N) is 4. The topological polar surface area (TPSA) is 146 Å². The van der Waals surface area contributed by atoms with Crippen molar-refractivity contribution >= 4 is 29.5 Å². The summed E-state index contributed by atoms with van der Waals surface area (Å²) in [5, 5.41) is 11.4. The highest BCUT2D eigenvalue weighted by atomic mass is 16.5. The molecule has 0 aromatic heterocycles. The zero-order valence-electron chi connectivity index (χ0n) is 27.3. The van der Waals surface area contributed by atoms with Crippen LogP contribution in [0.15, 0.2) is 48.5 Å². The van der Waals surface area contributed by atoms with Crippen molar-refractivity contribution in [3.8, 4) is 5.75 Å². The fourth-order valence-electron chi connectivity index (χ4n) is 5.73. The van der Waals surface area contributed by atoms with Crippen LogP contribution in [0, 0.1) is 11.8 Å². The second-order valence-corrected chi connectivity index (χ2v) is 12.8. The number of rotatable bonds is 9. The molecule has 1 fully saturated rings. The summed E-state index contributed by atoms with van der Waals surface area (Å²) in [5.41, 5.74) is 2.04. The molecule has 4 rings (SSSR count). The number of ether oxygens (including phenoxy) is 1. The molecule has 11 nitrogen and oxygen atoms in total. The first-order valence-electron chi connectivity index (χ1n) is 16.3. The van der Waals surface area contributed by atoms with E-state index in [1.54, 1.807) is 24.3 Å². The molecule has 0 spiro atoms. The first-order chi connectivity index (χ1) is 22.0. The van der Waals surface area contributed by atoms with Gasteiger partial charge in [-0.25, -0.2) is 0 Å². The van der Waals surface area contributed by atoms with E-state index in [9.17, 15) is 24.0 Å². The van der Waals surface area contributed by atoms with Gasteiger partial charge in [0, 0.05) is 26.1 Å². The summed E-state index contributed by atoms with van der Waals surface area (Å²) in [6.45, 7) is 9.53. The van der Waals surface area contributed by atoms with Gasteiger partial charge < -0.3 is 30.9 Å². The summed E-state index contributed by atoms with van der Waals surface area (Å²) in [6.07, 6.45) is 2.39. The minimum absolute atomic E-state index is 0.131. The van der Waals surface area contributed by atoms with Gasteiger partial charge in [0.15, 0.2) is 0 Å². The summed E-state index contributed by atoms with van der Waals surface area (Å²) in [6, 6.07) is 11.9. The molecular weight excluding hydrogens is 586 g/mol. The average molecular weight is 634 g/mol. The highest BCUT2D eigenvalue weighted by Crippen LogP contribution is 2.20. The van der Waals surface area contributed by atoms with Gasteiger partial charge in [0.05, 0.1) is 18.0 Å². The Hall–Kier alpha value is -4.41. The molecule has 46 heavy (non-hydrogen) atoms. The number of amides is 5. The van der Waals surface area contributed by atoms with Gasteiger partial charge >= 0.3 is 0 Å². The Morgan fingerprint density at radius 2 is 1.70 bits per heavy atom. The van der Waals surface area contributed by atoms with E-state index in [-0.39, 0.29) is 54.8 Å². The predicted molar refractivity (Wildman–Crippen MR) is 174 cm³/mol. The summed E-state index contributed by atoms with van der Waals surface area (Å²) in [7, 11) is 0. The Balaban J connectivity index is 1.52. The van der Waals surface area contributed by atoms with Crippen molar-refractivity contribution in [3.63, 3.8) is 0 Å². The minimum atomic E-state index is -1.21. The predicted octanol–water partition coefficient (Wildman–Crippen LogP) is 3.07. The summed E-state index contributed by atoms with van der Waals surface area (Å²) >= 11 is 0. The standard InChI is InChI=1S/C35H47N5O6/c1-5-23(4)32-35(45)37-26(17-22(2)3)21-46-29-10-7-6-9-27(29)33(43)38-28(18-30(41)39-32)34(44)36-19-24-12-14-25(15-13-24)20-40-16-8-11-31(40)42/h6-7,9-10,12-15,22-23,26,28,32H,5,8,11,16-21H2,1-4H3,(H,36,44)(H,37,45)(H,38,43)(H,39,41)/t23-,26+,28-,32-/m0/s1. The van der Waals surface area contributed by atoms with Crippen molar-refractivity contribution in [3.05, 3.63) is 65.2 Å².